The van der Waals surface area contributed by atoms with Crippen LogP contribution in [0, 0.1) is 23.0 Å². The van der Waals surface area contributed by atoms with E-state index in [1.54, 1.807) is 0 Å². The third kappa shape index (κ3) is 4.59. The van der Waals surface area contributed by atoms with E-state index in [4.69, 9.17) is 5.26 Å². The van der Waals surface area contributed by atoms with Gasteiger partial charge in [0.2, 0.25) is 10.0 Å². The fourth-order valence-corrected chi connectivity index (χ4v) is 3.32. The molecular formula is C16H12F2N2O4S. The molecule has 2 rings (SSSR count). The molecule has 0 aliphatic carbocycles. The number of carbonyl (C=O) groups is 1. The van der Waals surface area contributed by atoms with E-state index in [2.05, 4.69) is 0 Å². The average Bonchev–Trinajstić information content (AvgIpc) is 2.54. The maximum Gasteiger partial charge on any atom is 0.322 e. The summed E-state index contributed by atoms with van der Waals surface area (Å²) in [5, 5.41) is 18.0. The summed E-state index contributed by atoms with van der Waals surface area (Å²) < 4.78 is 52.8. The fraction of sp³-hybridized carbons (Fsp3) is 0.125. The van der Waals surface area contributed by atoms with Crippen molar-refractivity contribution < 1.29 is 27.1 Å². The molecule has 0 unspecified atom stereocenters. The molecule has 0 amide bonds. The quantitative estimate of drug-likeness (QED) is 0.811. The molecule has 0 aromatic heterocycles. The highest BCUT2D eigenvalue weighted by molar-refractivity contribution is 7.89. The number of nitrogens with one attached hydrogen (secondary N) is 1. The van der Waals surface area contributed by atoms with Crippen molar-refractivity contribution in [3.63, 3.8) is 0 Å². The molecule has 0 spiro atoms. The molecular weight excluding hydrogens is 354 g/mol. The summed E-state index contributed by atoms with van der Waals surface area (Å²) in [6, 6.07) is 8.10. The standard InChI is InChI=1S/C16H12F2N2O4S/c17-12-5-6-15(13(18)8-12)25(23,24)20-14(16(21)22)7-10-1-3-11(9-19)4-2-10/h1-6,8,14,20H,7H2,(H,21,22)/t14-/m1/s1. The number of rotatable bonds is 6. The van der Waals surface area contributed by atoms with Crippen LogP contribution in [0.1, 0.15) is 11.1 Å². The number of halogens is 2. The summed E-state index contributed by atoms with van der Waals surface area (Å²) in [5.74, 6) is -3.74. The van der Waals surface area contributed by atoms with Gasteiger partial charge in [0.15, 0.2) is 0 Å². The predicted molar refractivity (Wildman–Crippen MR) is 83.0 cm³/mol. The number of hydrogen-bond acceptors (Lipinski definition) is 4. The van der Waals surface area contributed by atoms with Gasteiger partial charge in [-0.25, -0.2) is 17.2 Å². The Hall–Kier alpha value is -2.83. The Morgan fingerprint density at radius 1 is 1.20 bits per heavy atom. The molecule has 0 aliphatic rings. The first-order valence-electron chi connectivity index (χ1n) is 6.92. The second-order valence-corrected chi connectivity index (χ2v) is 6.78. The normalized spacial score (nSPS) is 12.4. The zero-order valence-electron chi connectivity index (χ0n) is 12.6. The first kappa shape index (κ1) is 18.5. The Labute approximate surface area is 142 Å². The maximum atomic E-state index is 13.7. The number of carboxylic acid groups (broad SMARTS) is 1. The molecule has 0 saturated heterocycles. The maximum absolute atomic E-state index is 13.7. The van der Waals surface area contributed by atoms with Crippen LogP contribution in [0.4, 0.5) is 8.78 Å². The first-order chi connectivity index (χ1) is 11.7. The van der Waals surface area contributed by atoms with Crippen LogP contribution in [-0.4, -0.2) is 25.5 Å². The number of aliphatic carboxylic acids is 1. The number of sulfonamides is 1. The second kappa shape index (κ2) is 7.38. The van der Waals surface area contributed by atoms with Gasteiger partial charge < -0.3 is 5.11 Å². The lowest BCUT2D eigenvalue weighted by atomic mass is 10.1. The number of benzene rings is 2. The smallest absolute Gasteiger partial charge is 0.322 e. The molecule has 0 heterocycles. The van der Waals surface area contributed by atoms with Crippen LogP contribution in [0.3, 0.4) is 0 Å². The highest BCUT2D eigenvalue weighted by atomic mass is 32.2. The highest BCUT2D eigenvalue weighted by Gasteiger charge is 2.27. The van der Waals surface area contributed by atoms with Crippen LogP contribution in [-0.2, 0) is 21.2 Å². The number of nitrogens with zero attached hydrogens (tertiary/aromatic N) is 1. The van der Waals surface area contributed by atoms with Crippen LogP contribution in [0.5, 0.6) is 0 Å². The minimum Gasteiger partial charge on any atom is -0.480 e. The van der Waals surface area contributed by atoms with E-state index < -0.39 is 38.6 Å². The van der Waals surface area contributed by atoms with Crippen molar-refractivity contribution in [3.8, 4) is 6.07 Å². The number of nitriles is 1. The lowest BCUT2D eigenvalue weighted by Gasteiger charge is -2.15. The molecule has 2 N–H and O–H groups in total. The Morgan fingerprint density at radius 2 is 1.84 bits per heavy atom. The van der Waals surface area contributed by atoms with Crippen LogP contribution < -0.4 is 4.72 Å². The Bertz CT molecular complexity index is 938. The Balaban J connectivity index is 2.25. The predicted octanol–water partition coefficient (Wildman–Crippen LogP) is 1.81. The van der Waals surface area contributed by atoms with E-state index in [1.807, 2.05) is 10.8 Å². The minimum absolute atomic E-state index is 0.219. The van der Waals surface area contributed by atoms with Crippen molar-refractivity contribution in [2.24, 2.45) is 0 Å². The molecule has 9 heteroatoms. The second-order valence-electron chi connectivity index (χ2n) is 5.10. The van der Waals surface area contributed by atoms with Crippen LogP contribution in [0.15, 0.2) is 47.4 Å². The molecule has 2 aromatic rings. The largest absolute Gasteiger partial charge is 0.480 e. The average molecular weight is 366 g/mol. The van der Waals surface area contributed by atoms with E-state index in [0.29, 0.717) is 23.3 Å². The van der Waals surface area contributed by atoms with Gasteiger partial charge in [-0.15, -0.1) is 0 Å². The molecule has 25 heavy (non-hydrogen) atoms. The van der Waals surface area contributed by atoms with Crippen molar-refractivity contribution in [2.75, 3.05) is 0 Å². The summed E-state index contributed by atoms with van der Waals surface area (Å²) in [7, 11) is -4.51. The van der Waals surface area contributed by atoms with Gasteiger partial charge >= 0.3 is 5.97 Å². The molecule has 0 fully saturated rings. The van der Waals surface area contributed by atoms with E-state index >= 15 is 0 Å². The van der Waals surface area contributed by atoms with Gasteiger partial charge in [-0.05, 0) is 36.2 Å². The molecule has 6 nitrogen and oxygen atoms in total. The topological polar surface area (TPSA) is 107 Å². The van der Waals surface area contributed by atoms with Crippen molar-refractivity contribution in [2.45, 2.75) is 17.4 Å². The van der Waals surface area contributed by atoms with Crippen molar-refractivity contribution >= 4 is 16.0 Å². The molecule has 0 aliphatic heterocycles. The zero-order chi connectivity index (χ0) is 18.6. The third-order valence-corrected chi connectivity index (χ3v) is 4.81. The molecule has 0 radical (unpaired) electrons. The Morgan fingerprint density at radius 3 is 2.36 bits per heavy atom. The fourth-order valence-electron chi connectivity index (χ4n) is 2.07. The van der Waals surface area contributed by atoms with E-state index in [1.165, 1.54) is 24.3 Å². The van der Waals surface area contributed by atoms with Gasteiger partial charge in [0.05, 0.1) is 11.6 Å². The lowest BCUT2D eigenvalue weighted by Crippen LogP contribution is -2.42. The van der Waals surface area contributed by atoms with E-state index in [9.17, 15) is 27.1 Å². The summed E-state index contributed by atoms with van der Waals surface area (Å²) in [4.78, 5) is 10.5. The third-order valence-electron chi connectivity index (χ3n) is 3.30. The molecule has 2 aromatic carbocycles. The minimum atomic E-state index is -4.51. The SMILES string of the molecule is N#Cc1ccc(C[C@@H](NS(=O)(=O)c2ccc(F)cc2F)C(=O)O)cc1. The van der Waals surface area contributed by atoms with Crippen LogP contribution >= 0.6 is 0 Å². The molecule has 1 atom stereocenters. The molecule has 130 valence electrons. The number of hydrogen-bond donors (Lipinski definition) is 2. The number of carboxylic acids is 1. The van der Waals surface area contributed by atoms with Crippen LogP contribution in [0.2, 0.25) is 0 Å². The monoisotopic (exact) mass is 366 g/mol. The lowest BCUT2D eigenvalue weighted by molar-refractivity contribution is -0.138. The molecule has 0 saturated carbocycles. The van der Waals surface area contributed by atoms with Gasteiger partial charge in [-0.1, -0.05) is 12.1 Å². The van der Waals surface area contributed by atoms with Gasteiger partial charge in [0.1, 0.15) is 22.6 Å². The summed E-state index contributed by atoms with van der Waals surface area (Å²) in [6.45, 7) is 0. The zero-order valence-corrected chi connectivity index (χ0v) is 13.4. The van der Waals surface area contributed by atoms with Crippen molar-refractivity contribution in [1.29, 1.82) is 5.26 Å². The van der Waals surface area contributed by atoms with Gasteiger partial charge in [-0.3, -0.25) is 4.79 Å². The summed E-state index contributed by atoms with van der Waals surface area (Å²) in [5.41, 5.74) is 0.832. The van der Waals surface area contributed by atoms with Gasteiger partial charge in [0, 0.05) is 6.07 Å². The highest BCUT2D eigenvalue weighted by Crippen LogP contribution is 2.16. The van der Waals surface area contributed by atoms with Crippen molar-refractivity contribution in [1.82, 2.24) is 4.72 Å². The van der Waals surface area contributed by atoms with Crippen LogP contribution in [0.25, 0.3) is 0 Å². The van der Waals surface area contributed by atoms with E-state index in [0.717, 1.165) is 6.07 Å². The summed E-state index contributed by atoms with van der Waals surface area (Å²) in [6.07, 6.45) is -0.219. The van der Waals surface area contributed by atoms with Crippen molar-refractivity contribution in [3.05, 3.63) is 65.2 Å². The Kier molecular flexibility index (Phi) is 5.46. The van der Waals surface area contributed by atoms with E-state index in [-0.39, 0.29) is 6.42 Å². The van der Waals surface area contributed by atoms with Gasteiger partial charge in [-0.2, -0.15) is 9.98 Å². The summed E-state index contributed by atoms with van der Waals surface area (Å²) >= 11 is 0. The first-order valence-corrected chi connectivity index (χ1v) is 8.40. The van der Waals surface area contributed by atoms with Gasteiger partial charge in [0.25, 0.3) is 0 Å². The molecule has 0 bridgehead atoms.